The third kappa shape index (κ3) is 5.63. The third-order valence-electron chi connectivity index (χ3n) is 3.72. The molecule has 3 heteroatoms. The first-order valence-electron chi connectivity index (χ1n) is 7.61. The predicted molar refractivity (Wildman–Crippen MR) is 91.0 cm³/mol. The smallest absolute Gasteiger partial charge is 0.0595 e. The molecule has 1 rings (SSSR count). The molecular weight excluding hydrogens is 289 g/mol. The third-order valence-corrected chi connectivity index (χ3v) is 4.46. The lowest BCUT2D eigenvalue weighted by atomic mass is 9.84. The minimum Gasteiger partial charge on any atom is -0.316 e. The maximum absolute atomic E-state index is 6.17. The molecule has 0 amide bonds. The largest absolute Gasteiger partial charge is 0.316 e. The van der Waals surface area contributed by atoms with Crippen LogP contribution in [0.3, 0.4) is 0 Å². The number of rotatable bonds is 8. The van der Waals surface area contributed by atoms with Crippen molar-refractivity contribution in [3.63, 3.8) is 0 Å². The summed E-state index contributed by atoms with van der Waals surface area (Å²) in [5.74, 6) is 1.80. The van der Waals surface area contributed by atoms with E-state index in [1.165, 1.54) is 18.4 Å². The number of hydrogen-bond donors (Lipinski definition) is 1. The minimum atomic E-state index is 0.489. The summed E-state index contributed by atoms with van der Waals surface area (Å²) >= 11 is 12.2. The highest BCUT2D eigenvalue weighted by Gasteiger charge is 2.19. The summed E-state index contributed by atoms with van der Waals surface area (Å²) in [6, 6.07) is 6.05. The average molecular weight is 316 g/mol. The molecule has 1 aromatic rings. The molecule has 0 aliphatic carbocycles. The van der Waals surface area contributed by atoms with Crippen molar-refractivity contribution >= 4 is 23.2 Å². The van der Waals surface area contributed by atoms with E-state index in [4.69, 9.17) is 23.2 Å². The zero-order valence-corrected chi connectivity index (χ0v) is 14.6. The van der Waals surface area contributed by atoms with Crippen LogP contribution < -0.4 is 5.32 Å². The van der Waals surface area contributed by atoms with Crippen LogP contribution in [-0.4, -0.2) is 13.1 Å². The van der Waals surface area contributed by atoms with Crippen molar-refractivity contribution in [2.75, 3.05) is 13.1 Å². The minimum absolute atomic E-state index is 0.489. The molecule has 0 heterocycles. The molecule has 0 spiro atoms. The van der Waals surface area contributed by atoms with Crippen LogP contribution in [0.5, 0.6) is 0 Å². The lowest BCUT2D eigenvalue weighted by Gasteiger charge is -2.25. The Morgan fingerprint density at radius 2 is 1.75 bits per heavy atom. The molecular formula is C17H27Cl2N. The van der Waals surface area contributed by atoms with Gasteiger partial charge in [0.15, 0.2) is 0 Å². The molecule has 2 atom stereocenters. The van der Waals surface area contributed by atoms with Crippen molar-refractivity contribution in [1.82, 2.24) is 5.32 Å². The van der Waals surface area contributed by atoms with Crippen LogP contribution in [0.1, 0.15) is 52.0 Å². The molecule has 0 saturated heterocycles. The number of benzene rings is 1. The van der Waals surface area contributed by atoms with Gasteiger partial charge in [0.2, 0.25) is 0 Å². The van der Waals surface area contributed by atoms with E-state index in [0.29, 0.717) is 27.8 Å². The molecule has 114 valence electrons. The van der Waals surface area contributed by atoms with E-state index in [1.54, 1.807) is 0 Å². The molecule has 0 fully saturated rings. The van der Waals surface area contributed by atoms with E-state index >= 15 is 0 Å². The molecule has 0 saturated carbocycles. The first-order valence-corrected chi connectivity index (χ1v) is 8.36. The van der Waals surface area contributed by atoms with Crippen molar-refractivity contribution in [2.24, 2.45) is 11.8 Å². The van der Waals surface area contributed by atoms with Gasteiger partial charge in [0, 0.05) is 6.54 Å². The number of nitrogens with one attached hydrogen (secondary N) is 1. The van der Waals surface area contributed by atoms with Crippen LogP contribution in [0.25, 0.3) is 0 Å². The molecule has 0 radical (unpaired) electrons. The van der Waals surface area contributed by atoms with Crippen molar-refractivity contribution in [3.8, 4) is 0 Å². The fourth-order valence-electron chi connectivity index (χ4n) is 2.57. The quantitative estimate of drug-likeness (QED) is 0.643. The summed E-state index contributed by atoms with van der Waals surface area (Å²) in [5, 5.41) is 4.87. The van der Waals surface area contributed by atoms with E-state index in [1.807, 2.05) is 12.1 Å². The first-order chi connectivity index (χ1) is 9.45. The van der Waals surface area contributed by atoms with Crippen LogP contribution >= 0.6 is 23.2 Å². The zero-order valence-electron chi connectivity index (χ0n) is 13.0. The first kappa shape index (κ1) is 17.8. The van der Waals surface area contributed by atoms with Gasteiger partial charge >= 0.3 is 0 Å². The fourth-order valence-corrected chi connectivity index (χ4v) is 2.88. The van der Waals surface area contributed by atoms with Crippen LogP contribution in [-0.2, 0) is 0 Å². The Hall–Kier alpha value is -0.240. The topological polar surface area (TPSA) is 12.0 Å². The summed E-state index contributed by atoms with van der Waals surface area (Å²) in [4.78, 5) is 0. The van der Waals surface area contributed by atoms with Crippen LogP contribution in [0.4, 0.5) is 0 Å². The monoisotopic (exact) mass is 315 g/mol. The highest BCUT2D eigenvalue weighted by molar-refractivity contribution is 6.42. The van der Waals surface area contributed by atoms with Gasteiger partial charge in [0.25, 0.3) is 0 Å². The van der Waals surface area contributed by atoms with Crippen LogP contribution in [0, 0.1) is 11.8 Å². The molecule has 1 N–H and O–H groups in total. The maximum Gasteiger partial charge on any atom is 0.0595 e. The fraction of sp³-hybridized carbons (Fsp3) is 0.647. The molecule has 2 unspecified atom stereocenters. The van der Waals surface area contributed by atoms with Crippen molar-refractivity contribution in [1.29, 1.82) is 0 Å². The Labute approximate surface area is 134 Å². The highest BCUT2D eigenvalue weighted by atomic mass is 35.5. The SMILES string of the molecule is CCCC(C)C(CNCC(C)C)c1ccc(Cl)c(Cl)c1. The summed E-state index contributed by atoms with van der Waals surface area (Å²) in [5.41, 5.74) is 1.29. The Bertz CT molecular complexity index is 404. The van der Waals surface area contributed by atoms with Crippen LogP contribution in [0.2, 0.25) is 10.0 Å². The second-order valence-corrected chi connectivity index (χ2v) is 6.91. The van der Waals surface area contributed by atoms with Gasteiger partial charge in [-0.25, -0.2) is 0 Å². The lowest BCUT2D eigenvalue weighted by Crippen LogP contribution is -2.28. The van der Waals surface area contributed by atoms with Gasteiger partial charge in [-0.2, -0.15) is 0 Å². The Morgan fingerprint density at radius 1 is 1.05 bits per heavy atom. The lowest BCUT2D eigenvalue weighted by molar-refractivity contribution is 0.394. The van der Waals surface area contributed by atoms with Crippen molar-refractivity contribution in [2.45, 2.75) is 46.5 Å². The van der Waals surface area contributed by atoms with Gasteiger partial charge in [0.05, 0.1) is 10.0 Å². The summed E-state index contributed by atoms with van der Waals surface area (Å²) in [6.45, 7) is 11.1. The molecule has 1 aromatic carbocycles. The summed E-state index contributed by atoms with van der Waals surface area (Å²) in [6.07, 6.45) is 2.44. The van der Waals surface area contributed by atoms with E-state index in [0.717, 1.165) is 13.1 Å². The molecule has 20 heavy (non-hydrogen) atoms. The van der Waals surface area contributed by atoms with E-state index < -0.39 is 0 Å². The standard InChI is InChI=1S/C17H27Cl2N/c1-5-6-13(4)15(11-20-10-12(2)3)14-7-8-16(18)17(19)9-14/h7-9,12-13,15,20H,5-6,10-11H2,1-4H3. The predicted octanol–water partition coefficient (Wildman–Crippen LogP) is 5.76. The number of hydrogen-bond acceptors (Lipinski definition) is 1. The molecule has 0 aliphatic heterocycles. The molecule has 1 nitrogen and oxygen atoms in total. The van der Waals surface area contributed by atoms with E-state index in [9.17, 15) is 0 Å². The summed E-state index contributed by atoms with van der Waals surface area (Å²) < 4.78 is 0. The Morgan fingerprint density at radius 3 is 2.30 bits per heavy atom. The second-order valence-electron chi connectivity index (χ2n) is 6.10. The average Bonchev–Trinajstić information content (AvgIpc) is 2.38. The van der Waals surface area contributed by atoms with Gasteiger partial charge in [-0.3, -0.25) is 0 Å². The van der Waals surface area contributed by atoms with E-state index in [2.05, 4.69) is 39.1 Å². The van der Waals surface area contributed by atoms with E-state index in [-0.39, 0.29) is 0 Å². The number of halogens is 2. The van der Waals surface area contributed by atoms with Crippen molar-refractivity contribution < 1.29 is 0 Å². The van der Waals surface area contributed by atoms with Gasteiger partial charge < -0.3 is 5.32 Å². The van der Waals surface area contributed by atoms with Gasteiger partial charge in [-0.15, -0.1) is 0 Å². The van der Waals surface area contributed by atoms with Crippen LogP contribution in [0.15, 0.2) is 18.2 Å². The molecule has 0 bridgehead atoms. The van der Waals surface area contributed by atoms with Gasteiger partial charge in [-0.05, 0) is 42.0 Å². The molecule has 0 aliphatic rings. The van der Waals surface area contributed by atoms with Gasteiger partial charge in [0.1, 0.15) is 0 Å². The zero-order chi connectivity index (χ0) is 15.1. The highest BCUT2D eigenvalue weighted by Crippen LogP contribution is 2.32. The normalized spacial score (nSPS) is 14.6. The summed E-state index contributed by atoms with van der Waals surface area (Å²) in [7, 11) is 0. The maximum atomic E-state index is 6.17. The van der Waals surface area contributed by atoms with Gasteiger partial charge in [-0.1, -0.05) is 69.8 Å². The Kier molecular flexibility index (Phi) is 7.94. The second kappa shape index (κ2) is 8.92. The molecule has 0 aromatic heterocycles. The Balaban J connectivity index is 2.82. The van der Waals surface area contributed by atoms with Crippen molar-refractivity contribution in [3.05, 3.63) is 33.8 Å².